The second-order valence-corrected chi connectivity index (χ2v) is 6.27. The third-order valence-corrected chi connectivity index (χ3v) is 4.29. The van der Waals surface area contributed by atoms with Gasteiger partial charge < -0.3 is 14.6 Å². The Morgan fingerprint density at radius 2 is 1.80 bits per heavy atom. The molecule has 0 radical (unpaired) electrons. The summed E-state index contributed by atoms with van der Waals surface area (Å²) in [6, 6.07) is 11.9. The molecule has 1 fully saturated rings. The van der Waals surface area contributed by atoms with E-state index in [1.165, 1.54) is 26.2 Å². The number of carbonyl (C=O) groups is 4. The highest BCUT2D eigenvalue weighted by Crippen LogP contribution is 2.34. The third kappa shape index (κ3) is 4.00. The number of benzene rings is 2. The van der Waals surface area contributed by atoms with Crippen LogP contribution in [0.5, 0.6) is 11.5 Å². The molecule has 4 amide bonds. The first-order valence-corrected chi connectivity index (χ1v) is 8.86. The van der Waals surface area contributed by atoms with E-state index in [2.05, 4.69) is 5.32 Å². The molecular formula is C21H18N2O7. The Bertz CT molecular complexity index is 1050. The number of aliphatic carboxylic acids is 1. The van der Waals surface area contributed by atoms with Gasteiger partial charge in [0, 0.05) is 5.56 Å². The van der Waals surface area contributed by atoms with Crippen LogP contribution in [0.4, 0.5) is 10.5 Å². The molecule has 1 aliphatic heterocycles. The number of hydrogen-bond acceptors (Lipinski definition) is 6. The van der Waals surface area contributed by atoms with Crippen molar-refractivity contribution in [3.05, 3.63) is 59.7 Å². The number of anilines is 1. The predicted octanol–water partition coefficient (Wildman–Crippen LogP) is 2.21. The van der Waals surface area contributed by atoms with Crippen molar-refractivity contribution in [3.8, 4) is 11.5 Å². The number of carboxylic acid groups (broad SMARTS) is 1. The van der Waals surface area contributed by atoms with Crippen LogP contribution in [-0.2, 0) is 14.4 Å². The van der Waals surface area contributed by atoms with Crippen molar-refractivity contribution in [1.29, 1.82) is 0 Å². The standard InChI is InChI=1S/C21H18N2O7/c1-12(20(26)27)30-17-13(7-6-10-16(17)29-2)11-15-18(24)22-21(28)23(19(15)25)14-8-4-3-5-9-14/h3-12H,1-2H3,(H,26,27)(H,22,24,28)/b15-11+/t12-/m1/s1. The maximum Gasteiger partial charge on any atom is 0.344 e. The Balaban J connectivity index is 2.07. The van der Waals surface area contributed by atoms with E-state index in [9.17, 15) is 19.2 Å². The fraction of sp³-hybridized carbons (Fsp3) is 0.143. The van der Waals surface area contributed by atoms with Gasteiger partial charge in [-0.1, -0.05) is 30.3 Å². The minimum Gasteiger partial charge on any atom is -0.493 e. The fourth-order valence-electron chi connectivity index (χ4n) is 2.79. The summed E-state index contributed by atoms with van der Waals surface area (Å²) < 4.78 is 10.7. The number of methoxy groups -OCH3 is 1. The van der Waals surface area contributed by atoms with E-state index in [0.29, 0.717) is 5.69 Å². The van der Waals surface area contributed by atoms with E-state index in [1.54, 1.807) is 42.5 Å². The van der Waals surface area contributed by atoms with E-state index in [0.717, 1.165) is 4.90 Å². The molecule has 1 aliphatic rings. The molecular weight excluding hydrogens is 392 g/mol. The summed E-state index contributed by atoms with van der Waals surface area (Å²) in [6.07, 6.45) is 0.0173. The first kappa shape index (κ1) is 20.6. The molecule has 154 valence electrons. The highest BCUT2D eigenvalue weighted by Gasteiger charge is 2.37. The average Bonchev–Trinajstić information content (AvgIpc) is 2.72. The number of para-hydroxylation sites is 2. The van der Waals surface area contributed by atoms with Gasteiger partial charge in [0.2, 0.25) is 0 Å². The summed E-state index contributed by atoms with van der Waals surface area (Å²) in [7, 11) is 1.37. The Morgan fingerprint density at radius 3 is 2.43 bits per heavy atom. The van der Waals surface area contributed by atoms with Crippen LogP contribution < -0.4 is 19.7 Å². The molecule has 9 nitrogen and oxygen atoms in total. The van der Waals surface area contributed by atoms with Crippen LogP contribution in [0, 0.1) is 0 Å². The number of amides is 4. The largest absolute Gasteiger partial charge is 0.493 e. The quantitative estimate of drug-likeness (QED) is 0.553. The molecule has 1 atom stereocenters. The van der Waals surface area contributed by atoms with Crippen LogP contribution in [0.2, 0.25) is 0 Å². The molecule has 2 N–H and O–H groups in total. The summed E-state index contributed by atoms with van der Waals surface area (Å²) in [5.74, 6) is -2.64. The first-order chi connectivity index (χ1) is 14.3. The Hall–Kier alpha value is -4.14. The molecule has 2 aromatic rings. The fourth-order valence-corrected chi connectivity index (χ4v) is 2.79. The highest BCUT2D eigenvalue weighted by atomic mass is 16.5. The molecule has 0 aliphatic carbocycles. The van der Waals surface area contributed by atoms with Gasteiger partial charge in [-0.3, -0.25) is 14.9 Å². The number of carboxylic acids is 1. The topological polar surface area (TPSA) is 122 Å². The molecule has 0 unspecified atom stereocenters. The molecule has 0 saturated carbocycles. The minimum absolute atomic E-state index is 0.0474. The van der Waals surface area contributed by atoms with Gasteiger partial charge in [0.1, 0.15) is 5.57 Å². The summed E-state index contributed by atoms with van der Waals surface area (Å²) in [5.41, 5.74) is 0.211. The van der Waals surface area contributed by atoms with Gasteiger partial charge in [-0.15, -0.1) is 0 Å². The van der Waals surface area contributed by atoms with Crippen LogP contribution >= 0.6 is 0 Å². The number of rotatable bonds is 6. The van der Waals surface area contributed by atoms with Crippen molar-refractivity contribution in [2.75, 3.05) is 12.0 Å². The molecule has 9 heteroatoms. The van der Waals surface area contributed by atoms with E-state index >= 15 is 0 Å². The molecule has 0 aromatic heterocycles. The molecule has 2 aromatic carbocycles. The second kappa shape index (κ2) is 8.48. The van der Waals surface area contributed by atoms with Crippen molar-refractivity contribution in [2.24, 2.45) is 0 Å². The normalized spacial score (nSPS) is 16.3. The lowest BCUT2D eigenvalue weighted by Gasteiger charge is -2.26. The molecule has 0 bridgehead atoms. The number of urea groups is 1. The van der Waals surface area contributed by atoms with Crippen molar-refractivity contribution < 1.29 is 33.8 Å². The summed E-state index contributed by atoms with van der Waals surface area (Å²) in [6.45, 7) is 1.33. The van der Waals surface area contributed by atoms with Crippen molar-refractivity contribution in [3.63, 3.8) is 0 Å². The molecule has 30 heavy (non-hydrogen) atoms. The number of ether oxygens (including phenoxy) is 2. The zero-order valence-corrected chi connectivity index (χ0v) is 16.1. The summed E-state index contributed by atoms with van der Waals surface area (Å²) in [4.78, 5) is 49.6. The number of nitrogens with one attached hydrogen (secondary N) is 1. The maximum absolute atomic E-state index is 13.0. The molecule has 1 heterocycles. The average molecular weight is 410 g/mol. The first-order valence-electron chi connectivity index (χ1n) is 8.86. The molecule has 3 rings (SSSR count). The zero-order valence-electron chi connectivity index (χ0n) is 16.1. The van der Waals surface area contributed by atoms with E-state index < -0.39 is 29.9 Å². The van der Waals surface area contributed by atoms with E-state index in [4.69, 9.17) is 14.6 Å². The second-order valence-electron chi connectivity index (χ2n) is 6.27. The van der Waals surface area contributed by atoms with Gasteiger partial charge in [-0.25, -0.2) is 14.5 Å². The smallest absolute Gasteiger partial charge is 0.344 e. The zero-order chi connectivity index (χ0) is 21.8. The number of barbiturate groups is 1. The lowest BCUT2D eigenvalue weighted by Crippen LogP contribution is -2.54. The number of imide groups is 2. The Kier molecular flexibility index (Phi) is 5.82. The monoisotopic (exact) mass is 410 g/mol. The SMILES string of the molecule is COc1cccc(/C=C2\C(=O)NC(=O)N(c3ccccc3)C2=O)c1O[C@H](C)C(=O)O. The maximum atomic E-state index is 13.0. The molecule has 0 spiro atoms. The van der Waals surface area contributed by atoms with Gasteiger partial charge >= 0.3 is 12.0 Å². The summed E-state index contributed by atoms with van der Waals surface area (Å²) >= 11 is 0. The van der Waals surface area contributed by atoms with Crippen LogP contribution in [-0.4, -0.2) is 42.1 Å². The minimum atomic E-state index is -1.21. The lowest BCUT2D eigenvalue weighted by molar-refractivity contribution is -0.144. The Morgan fingerprint density at radius 1 is 1.10 bits per heavy atom. The van der Waals surface area contributed by atoms with Gasteiger partial charge in [0.15, 0.2) is 17.6 Å². The van der Waals surface area contributed by atoms with Gasteiger partial charge in [0.25, 0.3) is 11.8 Å². The highest BCUT2D eigenvalue weighted by molar-refractivity contribution is 6.39. The lowest BCUT2D eigenvalue weighted by atomic mass is 10.1. The van der Waals surface area contributed by atoms with Crippen LogP contribution in [0.15, 0.2) is 54.1 Å². The van der Waals surface area contributed by atoms with Gasteiger partial charge in [-0.05, 0) is 31.2 Å². The van der Waals surface area contributed by atoms with Crippen LogP contribution in [0.25, 0.3) is 6.08 Å². The van der Waals surface area contributed by atoms with Gasteiger partial charge in [-0.2, -0.15) is 0 Å². The van der Waals surface area contributed by atoms with Gasteiger partial charge in [0.05, 0.1) is 12.8 Å². The number of hydrogen-bond donors (Lipinski definition) is 2. The van der Waals surface area contributed by atoms with Crippen molar-refractivity contribution in [1.82, 2.24) is 5.32 Å². The number of carbonyl (C=O) groups excluding carboxylic acids is 3. The van der Waals surface area contributed by atoms with Crippen LogP contribution in [0.1, 0.15) is 12.5 Å². The Labute approximate surface area is 171 Å². The number of nitrogens with zero attached hydrogens (tertiary/aromatic N) is 1. The van der Waals surface area contributed by atoms with Crippen molar-refractivity contribution >= 4 is 35.6 Å². The predicted molar refractivity (Wildman–Crippen MR) is 106 cm³/mol. The van der Waals surface area contributed by atoms with Crippen molar-refractivity contribution in [2.45, 2.75) is 13.0 Å². The van der Waals surface area contributed by atoms with E-state index in [-0.39, 0.29) is 22.6 Å². The third-order valence-electron chi connectivity index (χ3n) is 4.29. The van der Waals surface area contributed by atoms with E-state index in [1.807, 2.05) is 0 Å². The summed E-state index contributed by atoms with van der Waals surface area (Å²) in [5, 5.41) is 11.3. The molecule has 1 saturated heterocycles. The van der Waals surface area contributed by atoms with Crippen LogP contribution in [0.3, 0.4) is 0 Å².